The first-order valence-corrected chi connectivity index (χ1v) is 20.3. The topological polar surface area (TPSA) is 31.0 Å². The summed E-state index contributed by atoms with van der Waals surface area (Å²) in [4.78, 5) is 5.18. The first-order chi connectivity index (χ1) is 30.9. The number of benzene rings is 8. The lowest BCUT2D eigenvalue weighted by Crippen LogP contribution is -2.55. The van der Waals surface area contributed by atoms with Crippen molar-refractivity contribution in [2.45, 2.75) is 0 Å². The predicted molar refractivity (Wildman–Crippen MR) is 279 cm³/mol. The summed E-state index contributed by atoms with van der Waals surface area (Å²) in [5.74, 6) is 0.510. The maximum atomic E-state index is 6.97. The van der Waals surface area contributed by atoms with E-state index in [0.29, 0.717) is 28.0 Å². The minimum Gasteiger partial charge on any atom is -0.456 e. The van der Waals surface area contributed by atoms with Gasteiger partial charge in [-0.3, -0.25) is 0 Å². The first-order valence-electron chi connectivity index (χ1n) is 20.3. The van der Waals surface area contributed by atoms with Crippen molar-refractivity contribution in [1.29, 1.82) is 0 Å². The fourth-order valence-electron chi connectivity index (χ4n) is 8.98. The lowest BCUT2D eigenvalue weighted by Gasteiger charge is -2.24. The van der Waals surface area contributed by atoms with Crippen molar-refractivity contribution in [2.75, 3.05) is 0 Å². The van der Waals surface area contributed by atoms with Gasteiger partial charge in [-0.1, -0.05) is 120 Å². The zero-order chi connectivity index (χ0) is 44.7. The summed E-state index contributed by atoms with van der Waals surface area (Å²) >= 11 is 0. The monoisotopic (exact) mass is 790 g/mol. The highest BCUT2D eigenvalue weighted by molar-refractivity contribution is 6.68. The maximum absolute atomic E-state index is 6.97. The van der Waals surface area contributed by atoms with Crippen molar-refractivity contribution in [2.24, 2.45) is 0 Å². The van der Waals surface area contributed by atoms with Crippen LogP contribution < -0.4 is 27.3 Å². The van der Waals surface area contributed by atoms with E-state index < -0.39 is 0 Å². The fraction of sp³-hybridized carbons (Fsp3) is 0. The standard InChI is InChI=1S/C51H24B10N2O/c1-24(52)42(53)45(56)49(60)50(61)63-35-18-8-7-17-34(35)62-51(63)30-14-5-4-13-28(30)39-26-11-2-3-12-27(26)40(32-16-10-20-37-41(32)31-15-6-9-19-36(31)64-37)33-23-25(21-22-29(33)39)38-43(54)46(57)48(59)47(58)44(38)55/h2-23H,1H2/b45-42-,50-49-. The molecule has 2 aromatic heterocycles. The maximum Gasteiger partial charge on any atom is 0.145 e. The van der Waals surface area contributed by atoms with E-state index in [9.17, 15) is 0 Å². The smallest absolute Gasteiger partial charge is 0.145 e. The second kappa shape index (κ2) is 15.9. The summed E-state index contributed by atoms with van der Waals surface area (Å²) in [7, 11) is 64.8. The molecule has 0 bridgehead atoms. The zero-order valence-corrected chi connectivity index (χ0v) is 34.5. The number of hydrogen-bond donors (Lipinski definition) is 0. The van der Waals surface area contributed by atoms with E-state index in [1.54, 1.807) is 4.57 Å². The van der Waals surface area contributed by atoms with Crippen LogP contribution in [0.15, 0.2) is 166 Å². The Morgan fingerprint density at radius 3 is 1.72 bits per heavy atom. The zero-order valence-electron chi connectivity index (χ0n) is 34.5. The highest BCUT2D eigenvalue weighted by atomic mass is 16.3. The number of para-hydroxylation sites is 3. The number of allylic oxidation sites excluding steroid dienone is 4. The fourth-order valence-corrected chi connectivity index (χ4v) is 8.98. The number of furan rings is 1. The Morgan fingerprint density at radius 1 is 0.469 bits per heavy atom. The molecule has 2 heterocycles. The molecular weight excluding hydrogens is 765 g/mol. The molecule has 0 N–H and O–H groups in total. The van der Waals surface area contributed by atoms with E-state index in [2.05, 4.69) is 49.0 Å². The summed E-state index contributed by atoms with van der Waals surface area (Å²) in [6.45, 7) is 3.73. The molecule has 10 aromatic rings. The molecule has 0 saturated heterocycles. The average molecular weight is 789 g/mol. The molecule has 0 fully saturated rings. The summed E-state index contributed by atoms with van der Waals surface area (Å²) in [5.41, 5.74) is 9.69. The summed E-state index contributed by atoms with van der Waals surface area (Å²) in [5, 5.41) is 5.71. The van der Waals surface area contributed by atoms with Crippen LogP contribution in [0.4, 0.5) is 0 Å². The van der Waals surface area contributed by atoms with E-state index in [-0.39, 0.29) is 54.8 Å². The van der Waals surface area contributed by atoms with Gasteiger partial charge < -0.3 is 8.98 Å². The molecule has 8 aromatic carbocycles. The number of fused-ring (bicyclic) bond motifs is 6. The molecule has 0 atom stereocenters. The molecule has 274 valence electrons. The van der Waals surface area contributed by atoms with Crippen LogP contribution in [-0.2, 0) is 0 Å². The van der Waals surface area contributed by atoms with Gasteiger partial charge in [0.25, 0.3) is 0 Å². The van der Waals surface area contributed by atoms with Crippen molar-refractivity contribution in [1.82, 2.24) is 9.55 Å². The van der Waals surface area contributed by atoms with Crippen LogP contribution in [0.1, 0.15) is 0 Å². The van der Waals surface area contributed by atoms with E-state index in [1.165, 1.54) is 0 Å². The van der Waals surface area contributed by atoms with Gasteiger partial charge in [0.05, 0.1) is 11.0 Å². The number of aromatic nitrogens is 2. The van der Waals surface area contributed by atoms with Gasteiger partial charge >= 0.3 is 0 Å². The molecule has 0 spiro atoms. The molecule has 0 aliphatic rings. The van der Waals surface area contributed by atoms with Gasteiger partial charge in [0.15, 0.2) is 0 Å². The third-order valence-corrected chi connectivity index (χ3v) is 12.1. The van der Waals surface area contributed by atoms with Gasteiger partial charge in [-0.25, -0.2) is 4.98 Å². The Morgan fingerprint density at radius 2 is 1.02 bits per heavy atom. The molecule has 0 saturated carbocycles. The molecule has 0 aliphatic carbocycles. The molecule has 3 nitrogen and oxygen atoms in total. The quantitative estimate of drug-likeness (QED) is 0.120. The molecule has 0 unspecified atom stereocenters. The molecule has 64 heavy (non-hydrogen) atoms. The third kappa shape index (κ3) is 6.38. The number of hydrogen-bond acceptors (Lipinski definition) is 2. The number of imidazole rings is 1. The van der Waals surface area contributed by atoms with Gasteiger partial charge in [-0.15, -0.1) is 39.4 Å². The number of nitrogens with zero attached hydrogens (tertiary/aromatic N) is 2. The Hall–Kier alpha value is -6.58. The first kappa shape index (κ1) is 41.4. The van der Waals surface area contributed by atoms with Gasteiger partial charge in [0, 0.05) is 16.3 Å². The third-order valence-electron chi connectivity index (χ3n) is 12.1. The van der Waals surface area contributed by atoms with Crippen LogP contribution in [0.25, 0.3) is 105 Å². The van der Waals surface area contributed by atoms with Crippen LogP contribution in [0.3, 0.4) is 0 Å². The molecule has 0 amide bonds. The highest BCUT2D eigenvalue weighted by Crippen LogP contribution is 2.49. The summed E-state index contributed by atoms with van der Waals surface area (Å²) in [6.07, 6.45) is 0. The van der Waals surface area contributed by atoms with Gasteiger partial charge in [0.1, 0.15) is 95.5 Å². The van der Waals surface area contributed by atoms with Crippen LogP contribution in [0.5, 0.6) is 0 Å². The minimum absolute atomic E-state index is 0.00305. The van der Waals surface area contributed by atoms with E-state index in [4.69, 9.17) is 87.9 Å². The van der Waals surface area contributed by atoms with Crippen LogP contribution in [0, 0.1) is 0 Å². The average Bonchev–Trinajstić information content (AvgIpc) is 3.90. The minimum atomic E-state index is -0.00305. The lowest BCUT2D eigenvalue weighted by atomic mass is 9.59. The van der Waals surface area contributed by atoms with Crippen LogP contribution in [-0.4, -0.2) is 88.0 Å². The highest BCUT2D eigenvalue weighted by Gasteiger charge is 2.25. The second-order valence-electron chi connectivity index (χ2n) is 15.7. The number of rotatable bonds is 7. The lowest BCUT2D eigenvalue weighted by molar-refractivity contribution is 0.669. The van der Waals surface area contributed by atoms with E-state index in [1.807, 2.05) is 91.0 Å². The Labute approximate surface area is 384 Å². The van der Waals surface area contributed by atoms with E-state index >= 15 is 0 Å². The molecule has 20 radical (unpaired) electrons. The molecule has 13 heteroatoms. The Balaban J connectivity index is 1.35. The largest absolute Gasteiger partial charge is 0.456 e. The molecular formula is C51H24B10N2O. The van der Waals surface area contributed by atoms with Crippen molar-refractivity contribution < 1.29 is 4.42 Å². The SMILES string of the molecule is [B]C(=C)/C([B])=C([B])\C([B])=C(/[B])n1c(-c2ccccc2-c2c3ccccc3c(-c3cccc4oc5ccccc5c34)c3cc(-c4c([B])c([B])c([B])c([B])c4[B])ccc23)nc2ccccc21. The van der Waals surface area contributed by atoms with Gasteiger partial charge in [-0.2, -0.15) is 0 Å². The Bertz CT molecular complexity index is 3680. The second-order valence-corrected chi connectivity index (χ2v) is 15.7. The molecule has 10 rings (SSSR count). The van der Waals surface area contributed by atoms with Gasteiger partial charge in [0.2, 0.25) is 0 Å². The molecule has 0 aliphatic heterocycles. The van der Waals surface area contributed by atoms with Gasteiger partial charge in [-0.05, 0) is 90.9 Å². The summed E-state index contributed by atoms with van der Waals surface area (Å²) in [6, 6.07) is 44.3. The van der Waals surface area contributed by atoms with Crippen LogP contribution in [0.2, 0.25) is 0 Å². The van der Waals surface area contributed by atoms with Crippen molar-refractivity contribution in [3.63, 3.8) is 0 Å². The normalized spacial score (nSPS) is 12.6. The Kier molecular flexibility index (Phi) is 10.3. The van der Waals surface area contributed by atoms with E-state index in [0.717, 1.165) is 71.3 Å². The predicted octanol–water partition coefficient (Wildman–Crippen LogP) is 5.57. The van der Waals surface area contributed by atoms with Crippen molar-refractivity contribution in [3.05, 3.63) is 162 Å². The van der Waals surface area contributed by atoms with Crippen molar-refractivity contribution in [3.8, 4) is 44.8 Å². The van der Waals surface area contributed by atoms with Crippen molar-refractivity contribution >= 4 is 166 Å². The summed E-state index contributed by atoms with van der Waals surface area (Å²) < 4.78 is 8.22. The van der Waals surface area contributed by atoms with Crippen LogP contribution >= 0.6 is 0 Å².